The molecule has 1 aromatic heterocycles. The number of nitrogens with zero attached hydrogens (tertiary/aromatic N) is 3. The van der Waals surface area contributed by atoms with Crippen LogP contribution in [0.4, 0.5) is 5.82 Å². The molecule has 6 nitrogen and oxygen atoms in total. The molecule has 0 saturated carbocycles. The Morgan fingerprint density at radius 2 is 2.26 bits per heavy atom. The minimum Gasteiger partial charge on any atom is -0.345 e. The summed E-state index contributed by atoms with van der Waals surface area (Å²) in [6.45, 7) is 2.78. The van der Waals surface area contributed by atoms with Crippen molar-refractivity contribution in [2.45, 2.75) is 0 Å². The van der Waals surface area contributed by atoms with E-state index < -0.39 is 0 Å². The Morgan fingerprint density at radius 1 is 1.47 bits per heavy atom. The maximum atomic E-state index is 12.1. The second-order valence-electron chi connectivity index (χ2n) is 4.07. The molecule has 2 N–H and O–H groups in total. The first kappa shape index (κ1) is 13.1. The third-order valence-corrected chi connectivity index (χ3v) is 2.78. The van der Waals surface area contributed by atoms with Gasteiger partial charge >= 0.3 is 0 Å². The lowest BCUT2D eigenvalue weighted by Crippen LogP contribution is -2.46. The second kappa shape index (κ2) is 6.52. The smallest absolute Gasteiger partial charge is 0.266 e. The van der Waals surface area contributed by atoms with Crippen molar-refractivity contribution in [3.8, 4) is 6.07 Å². The molecule has 0 aliphatic carbocycles. The van der Waals surface area contributed by atoms with Crippen LogP contribution in [0, 0.1) is 11.3 Å². The van der Waals surface area contributed by atoms with Crippen molar-refractivity contribution in [3.05, 3.63) is 36.2 Å². The molecule has 0 spiro atoms. The first-order chi connectivity index (χ1) is 9.31. The van der Waals surface area contributed by atoms with Crippen molar-refractivity contribution in [3.63, 3.8) is 0 Å². The van der Waals surface area contributed by atoms with Crippen molar-refractivity contribution in [1.29, 1.82) is 5.26 Å². The molecule has 2 heterocycles. The Morgan fingerprint density at radius 3 is 2.89 bits per heavy atom. The van der Waals surface area contributed by atoms with E-state index in [-0.39, 0.29) is 11.5 Å². The molecule has 2 rings (SSSR count). The number of amides is 1. The summed E-state index contributed by atoms with van der Waals surface area (Å²) in [5, 5.41) is 15.1. The summed E-state index contributed by atoms with van der Waals surface area (Å²) >= 11 is 0. The topological polar surface area (TPSA) is 81.0 Å². The summed E-state index contributed by atoms with van der Waals surface area (Å²) < 4.78 is 0. The van der Waals surface area contributed by atoms with E-state index in [4.69, 9.17) is 5.26 Å². The van der Waals surface area contributed by atoms with Gasteiger partial charge in [0.15, 0.2) is 0 Å². The Hall–Kier alpha value is -2.39. The Labute approximate surface area is 111 Å². The van der Waals surface area contributed by atoms with Gasteiger partial charge in [-0.3, -0.25) is 4.79 Å². The van der Waals surface area contributed by atoms with Gasteiger partial charge in [-0.15, -0.1) is 0 Å². The fourth-order valence-corrected chi connectivity index (χ4v) is 1.77. The number of nitriles is 1. The number of piperazine rings is 1. The van der Waals surface area contributed by atoms with Gasteiger partial charge in [0, 0.05) is 38.6 Å². The molecule has 1 aliphatic rings. The highest BCUT2D eigenvalue weighted by Crippen LogP contribution is 2.05. The van der Waals surface area contributed by atoms with E-state index in [0.717, 1.165) is 13.1 Å². The van der Waals surface area contributed by atoms with Gasteiger partial charge < -0.3 is 15.5 Å². The van der Waals surface area contributed by atoms with Gasteiger partial charge in [0.25, 0.3) is 5.91 Å². The number of pyridine rings is 1. The number of anilines is 1. The highest BCUT2D eigenvalue weighted by molar-refractivity contribution is 5.97. The van der Waals surface area contributed by atoms with Gasteiger partial charge in [-0.1, -0.05) is 6.07 Å². The average Bonchev–Trinajstić information content (AvgIpc) is 2.49. The number of aromatic nitrogens is 1. The molecule has 1 saturated heterocycles. The van der Waals surface area contributed by atoms with Crippen molar-refractivity contribution < 1.29 is 4.79 Å². The molecule has 0 bridgehead atoms. The zero-order valence-corrected chi connectivity index (χ0v) is 10.5. The molecule has 1 aliphatic heterocycles. The van der Waals surface area contributed by atoms with Gasteiger partial charge in [-0.25, -0.2) is 4.98 Å². The molecular weight excluding hydrogens is 242 g/mol. The Kier molecular flexibility index (Phi) is 4.48. The van der Waals surface area contributed by atoms with Crippen LogP contribution in [0.25, 0.3) is 0 Å². The second-order valence-corrected chi connectivity index (χ2v) is 4.07. The van der Waals surface area contributed by atoms with Crippen molar-refractivity contribution >= 4 is 11.7 Å². The quantitative estimate of drug-likeness (QED) is 0.602. The van der Waals surface area contributed by atoms with Gasteiger partial charge in [-0.2, -0.15) is 5.26 Å². The Bertz CT molecular complexity index is 500. The summed E-state index contributed by atoms with van der Waals surface area (Å²) in [6.07, 6.45) is 3.05. The number of hydrogen-bond donors (Lipinski definition) is 2. The van der Waals surface area contributed by atoms with Crippen LogP contribution in [-0.4, -0.2) is 42.0 Å². The lowest BCUT2D eigenvalue weighted by molar-refractivity contribution is -0.127. The van der Waals surface area contributed by atoms with Crippen molar-refractivity contribution in [2.75, 3.05) is 31.5 Å². The van der Waals surface area contributed by atoms with Gasteiger partial charge in [0.1, 0.15) is 17.5 Å². The molecule has 6 heteroatoms. The number of rotatable bonds is 3. The van der Waals surface area contributed by atoms with Gasteiger partial charge in [-0.05, 0) is 12.1 Å². The van der Waals surface area contributed by atoms with Crippen molar-refractivity contribution in [2.24, 2.45) is 0 Å². The van der Waals surface area contributed by atoms with E-state index >= 15 is 0 Å². The van der Waals surface area contributed by atoms with Crippen LogP contribution < -0.4 is 10.6 Å². The molecule has 0 aromatic carbocycles. The predicted molar refractivity (Wildman–Crippen MR) is 71.0 cm³/mol. The monoisotopic (exact) mass is 257 g/mol. The first-order valence-corrected chi connectivity index (χ1v) is 6.09. The lowest BCUT2D eigenvalue weighted by Gasteiger charge is -2.27. The van der Waals surface area contributed by atoms with E-state index in [2.05, 4.69) is 15.6 Å². The Balaban J connectivity index is 2.03. The van der Waals surface area contributed by atoms with Crippen LogP contribution in [0.2, 0.25) is 0 Å². The maximum absolute atomic E-state index is 12.1. The minimum atomic E-state index is -0.243. The van der Waals surface area contributed by atoms with Crippen LogP contribution in [0.3, 0.4) is 0 Å². The fourth-order valence-electron chi connectivity index (χ4n) is 1.77. The van der Waals surface area contributed by atoms with E-state index in [0.29, 0.717) is 18.9 Å². The maximum Gasteiger partial charge on any atom is 0.266 e. The SMILES string of the molecule is N#C/C(=C/Nc1ccccn1)C(=O)N1CCNCC1. The highest BCUT2D eigenvalue weighted by atomic mass is 16.2. The van der Waals surface area contributed by atoms with Gasteiger partial charge in [0.05, 0.1) is 0 Å². The number of nitrogens with one attached hydrogen (secondary N) is 2. The van der Waals surface area contributed by atoms with Crippen LogP contribution in [-0.2, 0) is 4.79 Å². The summed E-state index contributed by atoms with van der Waals surface area (Å²) in [5.41, 5.74) is 0.0903. The molecule has 1 aromatic rings. The third-order valence-electron chi connectivity index (χ3n) is 2.78. The summed E-state index contributed by atoms with van der Waals surface area (Å²) in [6, 6.07) is 7.32. The zero-order valence-electron chi connectivity index (χ0n) is 10.5. The largest absolute Gasteiger partial charge is 0.345 e. The normalized spacial score (nSPS) is 15.7. The molecule has 1 fully saturated rings. The van der Waals surface area contributed by atoms with E-state index in [1.807, 2.05) is 12.1 Å². The van der Waals surface area contributed by atoms with E-state index in [1.54, 1.807) is 23.2 Å². The standard InChI is InChI=1S/C13H15N5O/c14-9-11(10-17-12-3-1-2-4-16-12)13(19)18-7-5-15-6-8-18/h1-4,10,15H,5-8H2,(H,16,17)/b11-10-. The third kappa shape index (κ3) is 3.53. The van der Waals surface area contributed by atoms with Crippen LogP contribution in [0.1, 0.15) is 0 Å². The molecule has 0 unspecified atom stereocenters. The molecule has 0 radical (unpaired) electrons. The summed E-state index contributed by atoms with van der Waals surface area (Å²) in [5.74, 6) is 0.357. The summed E-state index contributed by atoms with van der Waals surface area (Å²) in [7, 11) is 0. The van der Waals surface area contributed by atoms with Crippen molar-refractivity contribution in [1.82, 2.24) is 15.2 Å². The fraction of sp³-hybridized carbons (Fsp3) is 0.308. The first-order valence-electron chi connectivity index (χ1n) is 6.09. The van der Waals surface area contributed by atoms with Crippen LogP contribution in [0.15, 0.2) is 36.2 Å². The minimum absolute atomic E-state index is 0.0903. The average molecular weight is 257 g/mol. The van der Waals surface area contributed by atoms with E-state index in [9.17, 15) is 4.79 Å². The number of carbonyl (C=O) groups is 1. The predicted octanol–water partition coefficient (Wildman–Crippen LogP) is 0.333. The molecule has 98 valence electrons. The molecule has 1 amide bonds. The molecule has 19 heavy (non-hydrogen) atoms. The van der Waals surface area contributed by atoms with Gasteiger partial charge in [0.2, 0.25) is 0 Å². The van der Waals surface area contributed by atoms with Crippen LogP contribution in [0.5, 0.6) is 0 Å². The highest BCUT2D eigenvalue weighted by Gasteiger charge is 2.19. The lowest BCUT2D eigenvalue weighted by atomic mass is 10.2. The molecule has 0 atom stereocenters. The number of hydrogen-bond acceptors (Lipinski definition) is 5. The zero-order chi connectivity index (χ0) is 13.5. The number of carbonyl (C=O) groups excluding carboxylic acids is 1. The molecular formula is C13H15N5O. The summed E-state index contributed by atoms with van der Waals surface area (Å²) in [4.78, 5) is 17.8. The van der Waals surface area contributed by atoms with Crippen LogP contribution >= 0.6 is 0 Å². The van der Waals surface area contributed by atoms with E-state index in [1.165, 1.54) is 6.20 Å².